The molecule has 1 aromatic rings. The van der Waals surface area contributed by atoms with Crippen LogP contribution in [0.2, 0.25) is 0 Å². The number of carbonyl (C=O) groups is 1. The Morgan fingerprint density at radius 1 is 1.11 bits per heavy atom. The number of benzene rings is 1. The van der Waals surface area contributed by atoms with Gasteiger partial charge in [0.1, 0.15) is 5.75 Å². The van der Waals surface area contributed by atoms with Gasteiger partial charge in [0.2, 0.25) is 5.91 Å². The van der Waals surface area contributed by atoms with Crippen LogP contribution in [0.3, 0.4) is 0 Å². The zero-order valence-corrected chi connectivity index (χ0v) is 18.1. The lowest BCUT2D eigenvalue weighted by atomic mass is 10.1. The van der Waals surface area contributed by atoms with Gasteiger partial charge in [-0.15, -0.1) is 0 Å². The topological polar surface area (TPSA) is 63.7 Å². The summed E-state index contributed by atoms with van der Waals surface area (Å²) in [6.45, 7) is 7.53. The molecule has 0 N–H and O–H groups in total. The Labute approximate surface area is 165 Å². The van der Waals surface area contributed by atoms with Crippen LogP contribution in [0.15, 0.2) is 24.3 Å². The van der Waals surface area contributed by atoms with Crippen molar-refractivity contribution in [3.05, 3.63) is 29.8 Å². The first-order valence-electron chi connectivity index (χ1n) is 9.97. The van der Waals surface area contributed by atoms with E-state index >= 15 is 0 Å². The van der Waals surface area contributed by atoms with Gasteiger partial charge in [-0.25, -0.2) is 0 Å². The van der Waals surface area contributed by atoms with Gasteiger partial charge in [-0.2, -0.15) is 8.42 Å². The Balaban J connectivity index is 2.66. The van der Waals surface area contributed by atoms with Crippen LogP contribution < -0.4 is 4.18 Å². The standard InChI is InChI=1S/C21H35NO4S/c1-5-6-7-8-9-10-14-21(23)22(16-18(2)3)17-19-12-11-13-20(15-19)26-27(4,24)25/h11-13,15,18H,5-10,14,16-17H2,1-4H3. The summed E-state index contributed by atoms with van der Waals surface area (Å²) < 4.78 is 27.6. The fourth-order valence-electron chi connectivity index (χ4n) is 3.00. The molecule has 0 aliphatic carbocycles. The minimum Gasteiger partial charge on any atom is -0.383 e. The van der Waals surface area contributed by atoms with Crippen molar-refractivity contribution in [1.29, 1.82) is 0 Å². The van der Waals surface area contributed by atoms with Crippen molar-refractivity contribution in [3.63, 3.8) is 0 Å². The molecule has 0 bridgehead atoms. The van der Waals surface area contributed by atoms with Gasteiger partial charge in [-0.05, 0) is 30.0 Å². The monoisotopic (exact) mass is 397 g/mol. The van der Waals surface area contributed by atoms with Crippen LogP contribution in [0.5, 0.6) is 5.75 Å². The summed E-state index contributed by atoms with van der Waals surface area (Å²) >= 11 is 0. The summed E-state index contributed by atoms with van der Waals surface area (Å²) in [7, 11) is -3.56. The Morgan fingerprint density at radius 3 is 2.41 bits per heavy atom. The van der Waals surface area contributed by atoms with E-state index in [1.807, 2.05) is 11.0 Å². The van der Waals surface area contributed by atoms with Crippen molar-refractivity contribution in [3.8, 4) is 5.75 Å². The number of nitrogens with zero attached hydrogens (tertiary/aromatic N) is 1. The number of hydrogen-bond donors (Lipinski definition) is 0. The fraction of sp³-hybridized carbons (Fsp3) is 0.667. The largest absolute Gasteiger partial charge is 0.383 e. The third kappa shape index (κ3) is 11.0. The Kier molecular flexibility index (Phi) is 10.4. The van der Waals surface area contributed by atoms with Crippen LogP contribution in [0.25, 0.3) is 0 Å². The van der Waals surface area contributed by atoms with Crippen LogP contribution in [0, 0.1) is 5.92 Å². The molecule has 0 aliphatic rings. The van der Waals surface area contributed by atoms with E-state index in [1.165, 1.54) is 25.7 Å². The fourth-order valence-corrected chi connectivity index (χ4v) is 3.45. The molecule has 0 unspecified atom stereocenters. The number of unbranched alkanes of at least 4 members (excludes halogenated alkanes) is 5. The molecular weight excluding hydrogens is 362 g/mol. The zero-order valence-electron chi connectivity index (χ0n) is 17.2. The predicted molar refractivity (Wildman–Crippen MR) is 110 cm³/mol. The van der Waals surface area contributed by atoms with Crippen molar-refractivity contribution in [2.24, 2.45) is 5.92 Å². The quantitative estimate of drug-likeness (QED) is 0.356. The molecule has 0 saturated heterocycles. The number of carbonyl (C=O) groups excluding carboxylic acids is 1. The SMILES string of the molecule is CCCCCCCCC(=O)N(Cc1cccc(OS(C)(=O)=O)c1)CC(C)C. The lowest BCUT2D eigenvalue weighted by Gasteiger charge is -2.25. The van der Waals surface area contributed by atoms with Crippen LogP contribution in [-0.4, -0.2) is 32.0 Å². The van der Waals surface area contributed by atoms with E-state index in [-0.39, 0.29) is 11.7 Å². The Hall–Kier alpha value is -1.56. The van der Waals surface area contributed by atoms with Gasteiger partial charge in [0, 0.05) is 19.5 Å². The summed E-state index contributed by atoms with van der Waals surface area (Å²) in [5, 5.41) is 0. The molecule has 5 nitrogen and oxygen atoms in total. The van der Waals surface area contributed by atoms with Crippen molar-refractivity contribution in [1.82, 2.24) is 4.90 Å². The average Bonchev–Trinajstić information content (AvgIpc) is 2.55. The number of hydrogen-bond acceptors (Lipinski definition) is 4. The lowest BCUT2D eigenvalue weighted by Crippen LogP contribution is -2.33. The summed E-state index contributed by atoms with van der Waals surface area (Å²) in [5.41, 5.74) is 0.869. The summed E-state index contributed by atoms with van der Waals surface area (Å²) in [6.07, 6.45) is 8.53. The van der Waals surface area contributed by atoms with Gasteiger partial charge in [0.25, 0.3) is 0 Å². The molecule has 0 saturated carbocycles. The van der Waals surface area contributed by atoms with Gasteiger partial charge in [-0.1, -0.05) is 65.0 Å². The van der Waals surface area contributed by atoms with E-state index < -0.39 is 10.1 Å². The third-order valence-electron chi connectivity index (χ3n) is 4.20. The molecule has 1 aromatic carbocycles. The van der Waals surface area contributed by atoms with Gasteiger partial charge in [0.05, 0.1) is 6.26 Å². The first kappa shape index (κ1) is 23.5. The van der Waals surface area contributed by atoms with Crippen LogP contribution >= 0.6 is 0 Å². The van der Waals surface area contributed by atoms with E-state index in [2.05, 4.69) is 20.8 Å². The van der Waals surface area contributed by atoms with E-state index in [9.17, 15) is 13.2 Å². The lowest BCUT2D eigenvalue weighted by molar-refractivity contribution is -0.132. The smallest absolute Gasteiger partial charge is 0.306 e. The maximum atomic E-state index is 12.7. The highest BCUT2D eigenvalue weighted by atomic mass is 32.2. The molecule has 1 rings (SSSR count). The first-order valence-corrected chi connectivity index (χ1v) is 11.8. The third-order valence-corrected chi connectivity index (χ3v) is 4.70. The van der Waals surface area contributed by atoms with Gasteiger partial charge >= 0.3 is 10.1 Å². The molecule has 0 heterocycles. The summed E-state index contributed by atoms with van der Waals surface area (Å²) in [6, 6.07) is 6.93. The molecule has 0 spiro atoms. The van der Waals surface area contributed by atoms with Gasteiger partial charge in [0.15, 0.2) is 0 Å². The molecule has 0 aliphatic heterocycles. The Morgan fingerprint density at radius 2 is 1.78 bits per heavy atom. The highest BCUT2D eigenvalue weighted by Crippen LogP contribution is 2.18. The molecule has 0 aromatic heterocycles. The number of amides is 1. The van der Waals surface area contributed by atoms with Gasteiger partial charge in [-0.3, -0.25) is 4.79 Å². The molecule has 27 heavy (non-hydrogen) atoms. The van der Waals surface area contributed by atoms with E-state index in [0.717, 1.165) is 24.7 Å². The molecule has 6 heteroatoms. The highest BCUT2D eigenvalue weighted by Gasteiger charge is 2.16. The zero-order chi connectivity index (χ0) is 20.3. The van der Waals surface area contributed by atoms with Crippen molar-refractivity contribution >= 4 is 16.0 Å². The van der Waals surface area contributed by atoms with Gasteiger partial charge < -0.3 is 9.08 Å². The molecular formula is C21H35NO4S. The molecule has 0 atom stereocenters. The maximum Gasteiger partial charge on any atom is 0.306 e. The van der Waals surface area contributed by atoms with Crippen molar-refractivity contribution in [2.75, 3.05) is 12.8 Å². The minimum absolute atomic E-state index is 0.161. The molecule has 154 valence electrons. The second-order valence-corrected chi connectivity index (χ2v) is 9.20. The molecule has 0 radical (unpaired) electrons. The maximum absolute atomic E-state index is 12.7. The van der Waals surface area contributed by atoms with E-state index in [1.54, 1.807) is 18.2 Å². The second kappa shape index (κ2) is 12.0. The molecule has 1 amide bonds. The van der Waals surface area contributed by atoms with Crippen LogP contribution in [0.4, 0.5) is 0 Å². The first-order chi connectivity index (χ1) is 12.7. The van der Waals surface area contributed by atoms with E-state index in [4.69, 9.17) is 4.18 Å². The van der Waals surface area contributed by atoms with Crippen molar-refractivity contribution < 1.29 is 17.4 Å². The minimum atomic E-state index is -3.56. The molecule has 0 fully saturated rings. The highest BCUT2D eigenvalue weighted by molar-refractivity contribution is 7.86. The normalized spacial score (nSPS) is 11.6. The Bertz CT molecular complexity index is 671. The predicted octanol–water partition coefficient (Wildman–Crippen LogP) is 4.76. The van der Waals surface area contributed by atoms with E-state index in [0.29, 0.717) is 25.4 Å². The van der Waals surface area contributed by atoms with Crippen LogP contribution in [0.1, 0.15) is 71.3 Å². The number of rotatable bonds is 13. The van der Waals surface area contributed by atoms with Crippen LogP contribution in [-0.2, 0) is 21.5 Å². The van der Waals surface area contributed by atoms with Crippen molar-refractivity contribution in [2.45, 2.75) is 72.3 Å². The summed E-state index contributed by atoms with van der Waals surface area (Å²) in [5.74, 6) is 0.811. The summed E-state index contributed by atoms with van der Waals surface area (Å²) in [4.78, 5) is 14.6. The average molecular weight is 398 g/mol. The second-order valence-electron chi connectivity index (χ2n) is 7.62.